The molecule has 1 amide bonds. The van der Waals surface area contributed by atoms with E-state index in [0.717, 1.165) is 17.5 Å². The van der Waals surface area contributed by atoms with Crippen LogP contribution in [-0.4, -0.2) is 56.6 Å². The first-order valence-electron chi connectivity index (χ1n) is 12.0. The maximum Gasteiger partial charge on any atom is 0.290 e. The molecular weight excluding hydrogens is 444 g/mol. The molecule has 0 bridgehead atoms. The Morgan fingerprint density at radius 2 is 1.86 bits per heavy atom. The van der Waals surface area contributed by atoms with E-state index in [-0.39, 0.29) is 17.1 Å². The molecule has 1 atom stereocenters. The Morgan fingerprint density at radius 1 is 1.09 bits per heavy atom. The summed E-state index contributed by atoms with van der Waals surface area (Å²) in [6.07, 6.45) is 0.932. The van der Waals surface area contributed by atoms with Crippen molar-refractivity contribution < 1.29 is 18.7 Å². The Kier molecular flexibility index (Phi) is 7.17. The van der Waals surface area contributed by atoms with Gasteiger partial charge in [-0.1, -0.05) is 31.5 Å². The fraction of sp³-hybridized carbons (Fsp3) is 0.429. The fourth-order valence-electron chi connectivity index (χ4n) is 4.40. The molecule has 1 aliphatic heterocycles. The molecular formula is C28H34N2O5. The van der Waals surface area contributed by atoms with Gasteiger partial charge < -0.3 is 23.7 Å². The highest BCUT2D eigenvalue weighted by atomic mass is 16.5. The molecule has 2 aromatic carbocycles. The van der Waals surface area contributed by atoms with E-state index in [1.54, 1.807) is 18.1 Å². The molecule has 0 saturated carbocycles. The summed E-state index contributed by atoms with van der Waals surface area (Å²) in [5.74, 6) is 1.58. The van der Waals surface area contributed by atoms with Crippen LogP contribution >= 0.6 is 0 Å². The van der Waals surface area contributed by atoms with Gasteiger partial charge in [0.05, 0.1) is 30.7 Å². The standard InChI is InChI=1S/C28H34N2O5/c1-17(2)11-14-34-22-10-8-19(16-23(22)33-6)25-24-26(31)20-15-18(3)7-9-21(20)35-27(24)28(32)30(25)13-12-29(4)5/h7-10,15-17,25H,11-14H2,1-6H3. The van der Waals surface area contributed by atoms with Gasteiger partial charge in [0.1, 0.15) is 5.58 Å². The van der Waals surface area contributed by atoms with E-state index in [1.807, 2.05) is 56.3 Å². The van der Waals surface area contributed by atoms with E-state index in [1.165, 1.54) is 0 Å². The Bertz CT molecular complexity index is 1290. The van der Waals surface area contributed by atoms with Gasteiger partial charge in [0.15, 0.2) is 16.9 Å². The number of likely N-dealkylation sites (N-methyl/N-ethyl adjacent to an activating group) is 1. The summed E-state index contributed by atoms with van der Waals surface area (Å²) in [7, 11) is 5.50. The molecule has 0 radical (unpaired) electrons. The van der Waals surface area contributed by atoms with Gasteiger partial charge in [-0.15, -0.1) is 0 Å². The predicted octanol–water partition coefficient (Wildman–Crippen LogP) is 4.64. The maximum atomic E-state index is 13.7. The monoisotopic (exact) mass is 478 g/mol. The summed E-state index contributed by atoms with van der Waals surface area (Å²) in [5.41, 5.74) is 2.37. The van der Waals surface area contributed by atoms with E-state index >= 15 is 0 Å². The van der Waals surface area contributed by atoms with Crippen LogP contribution in [0.25, 0.3) is 11.0 Å². The number of carbonyl (C=O) groups is 1. The number of methoxy groups -OCH3 is 1. The average Bonchev–Trinajstić information content (AvgIpc) is 3.10. The van der Waals surface area contributed by atoms with Crippen LogP contribution < -0.4 is 14.9 Å². The van der Waals surface area contributed by atoms with Crippen molar-refractivity contribution in [2.75, 3.05) is 40.9 Å². The van der Waals surface area contributed by atoms with Crippen molar-refractivity contribution in [3.63, 3.8) is 0 Å². The molecule has 2 heterocycles. The third kappa shape index (κ3) is 4.91. The Hall–Kier alpha value is -3.32. The number of hydrogen-bond donors (Lipinski definition) is 0. The number of hydrogen-bond acceptors (Lipinski definition) is 6. The topological polar surface area (TPSA) is 72.2 Å². The van der Waals surface area contributed by atoms with E-state index in [2.05, 4.69) is 13.8 Å². The van der Waals surface area contributed by atoms with Gasteiger partial charge in [0, 0.05) is 13.1 Å². The second-order valence-corrected chi connectivity index (χ2v) is 9.82. The minimum absolute atomic E-state index is 0.117. The lowest BCUT2D eigenvalue weighted by Gasteiger charge is -2.27. The van der Waals surface area contributed by atoms with E-state index in [0.29, 0.717) is 53.6 Å². The first kappa shape index (κ1) is 24.8. The zero-order valence-electron chi connectivity index (χ0n) is 21.4. The molecule has 0 fully saturated rings. The fourth-order valence-corrected chi connectivity index (χ4v) is 4.40. The summed E-state index contributed by atoms with van der Waals surface area (Å²) in [6.45, 7) is 7.92. The maximum absolute atomic E-state index is 13.7. The van der Waals surface area contributed by atoms with Crippen LogP contribution in [0.4, 0.5) is 0 Å². The first-order chi connectivity index (χ1) is 16.7. The summed E-state index contributed by atoms with van der Waals surface area (Å²) in [4.78, 5) is 30.9. The summed E-state index contributed by atoms with van der Waals surface area (Å²) >= 11 is 0. The molecule has 0 saturated heterocycles. The number of amides is 1. The lowest BCUT2D eigenvalue weighted by Crippen LogP contribution is -2.35. The summed E-state index contributed by atoms with van der Waals surface area (Å²) in [6, 6.07) is 10.5. The highest BCUT2D eigenvalue weighted by molar-refractivity contribution is 5.99. The van der Waals surface area contributed by atoms with Gasteiger partial charge in [0.2, 0.25) is 5.76 Å². The number of rotatable bonds is 9. The minimum atomic E-state index is -0.572. The molecule has 186 valence electrons. The smallest absolute Gasteiger partial charge is 0.290 e. The number of nitrogens with zero attached hydrogens (tertiary/aromatic N) is 2. The lowest BCUT2D eigenvalue weighted by molar-refractivity contribution is 0.0716. The van der Waals surface area contributed by atoms with Crippen LogP contribution in [0.3, 0.4) is 0 Å². The van der Waals surface area contributed by atoms with Crippen LogP contribution in [0.2, 0.25) is 0 Å². The Morgan fingerprint density at radius 3 is 2.54 bits per heavy atom. The van der Waals surface area contributed by atoms with Crippen molar-refractivity contribution in [1.29, 1.82) is 0 Å². The molecule has 7 heteroatoms. The molecule has 7 nitrogen and oxygen atoms in total. The highest BCUT2D eigenvalue weighted by Crippen LogP contribution is 2.41. The highest BCUT2D eigenvalue weighted by Gasteiger charge is 2.42. The minimum Gasteiger partial charge on any atom is -0.493 e. The third-order valence-electron chi connectivity index (χ3n) is 6.37. The molecule has 0 spiro atoms. The first-order valence-corrected chi connectivity index (χ1v) is 12.0. The van der Waals surface area contributed by atoms with Crippen molar-refractivity contribution >= 4 is 16.9 Å². The molecule has 1 aromatic heterocycles. The van der Waals surface area contributed by atoms with E-state index in [4.69, 9.17) is 13.9 Å². The number of aryl methyl sites for hydroxylation is 1. The molecule has 35 heavy (non-hydrogen) atoms. The number of ether oxygens (including phenoxy) is 2. The molecule has 0 aliphatic carbocycles. The zero-order chi connectivity index (χ0) is 25.3. The largest absolute Gasteiger partial charge is 0.493 e. The summed E-state index contributed by atoms with van der Waals surface area (Å²) < 4.78 is 17.6. The Balaban J connectivity index is 1.82. The van der Waals surface area contributed by atoms with Crippen molar-refractivity contribution in [3.8, 4) is 11.5 Å². The van der Waals surface area contributed by atoms with Crippen LogP contribution in [0, 0.1) is 12.8 Å². The molecule has 4 rings (SSSR count). The lowest BCUT2D eigenvalue weighted by atomic mass is 9.97. The second kappa shape index (κ2) is 10.1. The van der Waals surface area contributed by atoms with Crippen LogP contribution in [-0.2, 0) is 0 Å². The molecule has 1 unspecified atom stereocenters. The molecule has 0 N–H and O–H groups in total. The molecule has 1 aliphatic rings. The van der Waals surface area contributed by atoms with E-state index in [9.17, 15) is 9.59 Å². The Labute approximate surface area is 206 Å². The van der Waals surface area contributed by atoms with Crippen molar-refractivity contribution in [2.24, 2.45) is 5.92 Å². The normalized spacial score (nSPS) is 15.4. The SMILES string of the molecule is COc1cc(C2c3c(oc4ccc(C)cc4c3=O)C(=O)N2CCN(C)C)ccc1OCCC(C)C. The number of carbonyl (C=O) groups excluding carboxylic acids is 1. The quantitative estimate of drug-likeness (QED) is 0.446. The summed E-state index contributed by atoms with van der Waals surface area (Å²) in [5, 5.41) is 0.483. The number of benzene rings is 2. The van der Waals surface area contributed by atoms with Gasteiger partial charge in [-0.3, -0.25) is 9.59 Å². The molecule has 3 aromatic rings. The van der Waals surface area contributed by atoms with Gasteiger partial charge in [-0.2, -0.15) is 0 Å². The van der Waals surface area contributed by atoms with E-state index < -0.39 is 6.04 Å². The van der Waals surface area contributed by atoms with Crippen LogP contribution in [0.5, 0.6) is 11.5 Å². The predicted molar refractivity (Wildman–Crippen MR) is 137 cm³/mol. The van der Waals surface area contributed by atoms with Gasteiger partial charge in [0.25, 0.3) is 5.91 Å². The second-order valence-electron chi connectivity index (χ2n) is 9.82. The van der Waals surface area contributed by atoms with Gasteiger partial charge in [-0.05, 0) is 63.2 Å². The average molecular weight is 479 g/mol. The van der Waals surface area contributed by atoms with Crippen LogP contribution in [0.1, 0.15) is 53.6 Å². The number of fused-ring (bicyclic) bond motifs is 2. The van der Waals surface area contributed by atoms with Gasteiger partial charge in [-0.25, -0.2) is 0 Å². The van der Waals surface area contributed by atoms with Gasteiger partial charge >= 0.3 is 0 Å². The third-order valence-corrected chi connectivity index (χ3v) is 6.37. The van der Waals surface area contributed by atoms with Crippen molar-refractivity contribution in [1.82, 2.24) is 9.80 Å². The van der Waals surface area contributed by atoms with Crippen LogP contribution in [0.15, 0.2) is 45.6 Å². The van der Waals surface area contributed by atoms with Crippen molar-refractivity contribution in [2.45, 2.75) is 33.2 Å². The van der Waals surface area contributed by atoms with Crippen molar-refractivity contribution in [3.05, 3.63) is 69.1 Å². The zero-order valence-corrected chi connectivity index (χ0v) is 21.4.